The Kier molecular flexibility index (Phi) is 9.85. The number of nitrogens with zero attached hydrogens (tertiary/aromatic N) is 1. The van der Waals surface area contributed by atoms with Gasteiger partial charge in [-0.25, -0.2) is 9.59 Å². The second-order valence-electron chi connectivity index (χ2n) is 11.9. The summed E-state index contributed by atoms with van der Waals surface area (Å²) < 4.78 is 35.8. The topological polar surface area (TPSA) is 148 Å². The summed E-state index contributed by atoms with van der Waals surface area (Å²) in [5.74, 6) is 1.30. The minimum atomic E-state index is -1.47. The molecule has 3 aromatic carbocycles. The molecule has 0 spiro atoms. The number of aliphatic hydroxyl groups is 1. The molecule has 47 heavy (non-hydrogen) atoms. The molecule has 0 amide bonds. The quantitative estimate of drug-likeness (QED) is 0.190. The van der Waals surface area contributed by atoms with Crippen LogP contribution in [0.3, 0.4) is 0 Å². The Morgan fingerprint density at radius 2 is 1.40 bits per heavy atom. The van der Waals surface area contributed by atoms with Crippen molar-refractivity contribution in [2.45, 2.75) is 56.5 Å². The van der Waals surface area contributed by atoms with E-state index in [1.165, 1.54) is 6.20 Å². The van der Waals surface area contributed by atoms with Crippen LogP contribution in [0.25, 0.3) is 0 Å². The molecule has 1 saturated heterocycles. The van der Waals surface area contributed by atoms with E-state index in [9.17, 15) is 19.5 Å². The number of aromatic nitrogens is 2. The smallest absolute Gasteiger partial charge is 0.497 e. The molecule has 248 valence electrons. The lowest BCUT2D eigenvalue weighted by Crippen LogP contribution is -2.42. The number of nitrogens with one attached hydrogen (secondary N) is 1. The van der Waals surface area contributed by atoms with Gasteiger partial charge in [0.15, 0.2) is 12.3 Å². The molecule has 2 heterocycles. The van der Waals surface area contributed by atoms with E-state index in [4.69, 9.17) is 28.4 Å². The maximum Gasteiger partial charge on any atom is 0.509 e. The summed E-state index contributed by atoms with van der Waals surface area (Å²) in [5, 5.41) is 11.6. The van der Waals surface area contributed by atoms with Gasteiger partial charge in [-0.05, 0) is 61.7 Å². The van der Waals surface area contributed by atoms with Gasteiger partial charge in [0.2, 0.25) is 0 Å². The first-order chi connectivity index (χ1) is 22.4. The molecule has 1 fully saturated rings. The highest BCUT2D eigenvalue weighted by Gasteiger charge is 2.50. The highest BCUT2D eigenvalue weighted by molar-refractivity contribution is 5.61. The molecule has 0 radical (unpaired) electrons. The van der Waals surface area contributed by atoms with E-state index >= 15 is 0 Å². The lowest BCUT2D eigenvalue weighted by molar-refractivity contribution is -0.0982. The van der Waals surface area contributed by atoms with Crippen molar-refractivity contribution in [3.05, 3.63) is 129 Å². The Morgan fingerprint density at radius 1 is 0.851 bits per heavy atom. The Morgan fingerprint density at radius 3 is 1.91 bits per heavy atom. The van der Waals surface area contributed by atoms with Crippen molar-refractivity contribution < 1.29 is 38.3 Å². The van der Waals surface area contributed by atoms with Crippen LogP contribution in [0.2, 0.25) is 0 Å². The number of aromatic amines is 1. The van der Waals surface area contributed by atoms with Crippen LogP contribution >= 0.6 is 0 Å². The second kappa shape index (κ2) is 13.8. The third-order valence-corrected chi connectivity index (χ3v) is 7.70. The predicted octanol–water partition coefficient (Wildman–Crippen LogP) is 4.14. The van der Waals surface area contributed by atoms with Crippen molar-refractivity contribution in [2.24, 2.45) is 0 Å². The predicted molar refractivity (Wildman–Crippen MR) is 171 cm³/mol. The number of H-pyrrole nitrogens is 1. The zero-order chi connectivity index (χ0) is 33.8. The van der Waals surface area contributed by atoms with Gasteiger partial charge in [-0.2, -0.15) is 0 Å². The minimum absolute atomic E-state index is 0.225. The summed E-state index contributed by atoms with van der Waals surface area (Å²) in [6.07, 6.45) is -5.14. The second-order valence-corrected chi connectivity index (χ2v) is 11.9. The average Bonchev–Trinajstić information content (AvgIpc) is 3.35. The van der Waals surface area contributed by atoms with E-state index in [1.54, 1.807) is 35.0 Å². The number of hydrogen-bond donors (Lipinski definition) is 2. The largest absolute Gasteiger partial charge is 0.509 e. The molecule has 5 rings (SSSR count). The van der Waals surface area contributed by atoms with Crippen LogP contribution < -0.4 is 20.7 Å². The fourth-order valence-electron chi connectivity index (χ4n) is 5.50. The van der Waals surface area contributed by atoms with Crippen molar-refractivity contribution in [1.82, 2.24) is 9.55 Å². The Balaban J connectivity index is 1.56. The van der Waals surface area contributed by atoms with Gasteiger partial charge >= 0.3 is 11.8 Å². The SMILES string of the molecule is COc1ccc(C(OC[C@H]2O[C@@H](n3ccc(=O)[nH]c3=O)[C@H](OC(=O)OC(C)(C)C)[C@@H]2O)(c2ccccc2)c2ccc(OC)cc2)cc1. The number of carbonyl (C=O) groups is 1. The standard InChI is InChI=1S/C35H38N2O10/c1-34(2,3)47-33(41)46-30-29(39)27(45-31(30)37-20-19-28(38)36-32(37)40)21-44-35(22-9-7-6-8-10-22,23-11-15-25(42-4)16-12-23)24-13-17-26(43-5)18-14-24/h6-20,27,29-31,39H,21H2,1-5H3,(H,36,38,40)/t27-,29-,30-,31-/m1/s1. The van der Waals surface area contributed by atoms with Crippen LogP contribution in [0.4, 0.5) is 4.79 Å². The van der Waals surface area contributed by atoms with Crippen molar-refractivity contribution >= 4 is 6.16 Å². The summed E-state index contributed by atoms with van der Waals surface area (Å²) in [5.41, 5.74) is -1.30. The van der Waals surface area contributed by atoms with E-state index < -0.39 is 53.1 Å². The van der Waals surface area contributed by atoms with Gasteiger partial charge in [-0.1, -0.05) is 54.6 Å². The molecule has 0 bridgehead atoms. The number of rotatable bonds is 10. The molecule has 4 aromatic rings. The molecule has 12 nitrogen and oxygen atoms in total. The monoisotopic (exact) mass is 646 g/mol. The Labute approximate surface area is 271 Å². The maximum absolute atomic E-state index is 12.8. The molecule has 12 heteroatoms. The fourth-order valence-corrected chi connectivity index (χ4v) is 5.50. The van der Waals surface area contributed by atoms with Crippen LogP contribution in [0.5, 0.6) is 11.5 Å². The molecule has 1 aliphatic rings. The zero-order valence-corrected chi connectivity index (χ0v) is 26.7. The summed E-state index contributed by atoms with van der Waals surface area (Å²) in [6.45, 7) is 4.77. The third kappa shape index (κ3) is 7.25. The minimum Gasteiger partial charge on any atom is -0.497 e. The number of carbonyl (C=O) groups excluding carboxylic acids is 1. The van der Waals surface area contributed by atoms with Crippen LogP contribution in [0, 0.1) is 0 Å². The van der Waals surface area contributed by atoms with Crippen LogP contribution in [0.1, 0.15) is 43.7 Å². The van der Waals surface area contributed by atoms with Crippen molar-refractivity contribution in [3.63, 3.8) is 0 Å². The fraction of sp³-hybridized carbons (Fsp3) is 0.343. The van der Waals surface area contributed by atoms with Crippen molar-refractivity contribution in [2.75, 3.05) is 20.8 Å². The van der Waals surface area contributed by atoms with Gasteiger partial charge in [-0.15, -0.1) is 0 Å². The highest BCUT2D eigenvalue weighted by atomic mass is 16.7. The Hall–Kier alpha value is -4.91. The van der Waals surface area contributed by atoms with E-state index in [0.29, 0.717) is 11.5 Å². The first-order valence-electron chi connectivity index (χ1n) is 15.0. The summed E-state index contributed by atoms with van der Waals surface area (Å²) in [7, 11) is 3.16. The van der Waals surface area contributed by atoms with Gasteiger partial charge < -0.3 is 33.5 Å². The first-order valence-corrected chi connectivity index (χ1v) is 15.0. The number of aliphatic hydroxyl groups excluding tert-OH is 1. The molecular weight excluding hydrogens is 608 g/mol. The molecule has 0 aliphatic carbocycles. The van der Waals surface area contributed by atoms with Gasteiger partial charge in [0.1, 0.15) is 34.9 Å². The lowest BCUT2D eigenvalue weighted by atomic mass is 9.80. The van der Waals surface area contributed by atoms with E-state index in [2.05, 4.69) is 4.98 Å². The lowest BCUT2D eigenvalue weighted by Gasteiger charge is -2.37. The molecular formula is C35H38N2O10. The van der Waals surface area contributed by atoms with Gasteiger partial charge in [0.05, 0.1) is 20.8 Å². The summed E-state index contributed by atoms with van der Waals surface area (Å²) >= 11 is 0. The zero-order valence-electron chi connectivity index (χ0n) is 26.7. The molecule has 2 N–H and O–H groups in total. The number of hydrogen-bond acceptors (Lipinski definition) is 10. The Bertz CT molecular complexity index is 1710. The van der Waals surface area contributed by atoms with Crippen molar-refractivity contribution in [1.29, 1.82) is 0 Å². The summed E-state index contributed by atoms with van der Waals surface area (Å²) in [6, 6.07) is 25.5. The van der Waals surface area contributed by atoms with Gasteiger partial charge in [0.25, 0.3) is 5.56 Å². The van der Waals surface area contributed by atoms with E-state index in [0.717, 1.165) is 27.3 Å². The number of ether oxygens (including phenoxy) is 6. The number of methoxy groups -OCH3 is 2. The molecule has 1 aromatic heterocycles. The van der Waals surface area contributed by atoms with Crippen LogP contribution in [-0.2, 0) is 24.5 Å². The molecule has 0 unspecified atom stereocenters. The normalized spacial score (nSPS) is 19.6. The van der Waals surface area contributed by atoms with E-state index in [1.807, 2.05) is 78.9 Å². The summed E-state index contributed by atoms with van der Waals surface area (Å²) in [4.78, 5) is 39.5. The van der Waals surface area contributed by atoms with Gasteiger partial charge in [0, 0.05) is 12.3 Å². The van der Waals surface area contributed by atoms with Crippen LogP contribution in [0.15, 0.2) is 101 Å². The van der Waals surface area contributed by atoms with E-state index in [-0.39, 0.29) is 6.61 Å². The highest BCUT2D eigenvalue weighted by Crippen LogP contribution is 2.43. The van der Waals surface area contributed by atoms with Crippen LogP contribution in [-0.4, -0.2) is 65.6 Å². The molecule has 4 atom stereocenters. The molecule has 1 aliphatic heterocycles. The third-order valence-electron chi connectivity index (χ3n) is 7.70. The number of benzene rings is 3. The maximum atomic E-state index is 12.8. The molecule has 0 saturated carbocycles. The van der Waals surface area contributed by atoms with Gasteiger partial charge in [-0.3, -0.25) is 14.3 Å². The first kappa shape index (κ1) is 33.5. The van der Waals surface area contributed by atoms with Crippen molar-refractivity contribution in [3.8, 4) is 11.5 Å². The average molecular weight is 647 g/mol.